The molecule has 2 heterocycles. The van der Waals surface area contributed by atoms with Gasteiger partial charge in [0.1, 0.15) is 6.33 Å². The predicted molar refractivity (Wildman–Crippen MR) is 67.8 cm³/mol. The molecule has 1 aromatic heterocycles. The quantitative estimate of drug-likeness (QED) is 0.823. The summed E-state index contributed by atoms with van der Waals surface area (Å²) in [5.41, 5.74) is -0.533. The van der Waals surface area contributed by atoms with Gasteiger partial charge >= 0.3 is 0 Å². The molecular weight excluding hydrogens is 230 g/mol. The van der Waals surface area contributed by atoms with Gasteiger partial charge in [-0.1, -0.05) is 20.8 Å². The lowest BCUT2D eigenvalue weighted by Crippen LogP contribution is -2.42. The van der Waals surface area contributed by atoms with Crippen LogP contribution in [0.2, 0.25) is 0 Å². The molecule has 0 saturated carbocycles. The van der Waals surface area contributed by atoms with Gasteiger partial charge in [0.2, 0.25) is 0 Å². The van der Waals surface area contributed by atoms with Crippen LogP contribution in [-0.4, -0.2) is 55.4 Å². The summed E-state index contributed by atoms with van der Waals surface area (Å²) in [6, 6.07) is 0. The average molecular weight is 253 g/mol. The van der Waals surface area contributed by atoms with Crippen molar-refractivity contribution in [3.05, 3.63) is 6.33 Å². The van der Waals surface area contributed by atoms with Gasteiger partial charge < -0.3 is 10.0 Å². The first-order chi connectivity index (χ1) is 8.52. The van der Waals surface area contributed by atoms with Gasteiger partial charge in [0.25, 0.3) is 0 Å². The Morgan fingerprint density at radius 3 is 2.78 bits per heavy atom. The summed E-state index contributed by atoms with van der Waals surface area (Å²) in [6.07, 6.45) is 2.64. The minimum Gasteiger partial charge on any atom is -0.388 e. The lowest BCUT2D eigenvalue weighted by molar-refractivity contribution is -0.0252. The Labute approximate surface area is 108 Å². The molecule has 1 aliphatic rings. The standard InChI is InChI=1S/C12H23N5O/c1-10(2)12(18)8-16(7-11(12)3)5-4-6-17-9-13-14-15-17/h9-11,18H,4-8H2,1-3H3/t11-,12-/m0/s1. The van der Waals surface area contributed by atoms with Crippen LogP contribution in [0.5, 0.6) is 0 Å². The minimum atomic E-state index is -0.533. The topological polar surface area (TPSA) is 67.1 Å². The Balaban J connectivity index is 1.79. The Morgan fingerprint density at radius 1 is 1.44 bits per heavy atom. The van der Waals surface area contributed by atoms with E-state index in [1.807, 2.05) is 0 Å². The van der Waals surface area contributed by atoms with Crippen LogP contribution in [0.15, 0.2) is 6.33 Å². The number of β-amino-alcohol motifs (C(OH)–C–C–N with tert-alkyl or cyclic N) is 1. The fourth-order valence-corrected chi connectivity index (χ4v) is 2.78. The van der Waals surface area contributed by atoms with Crippen molar-refractivity contribution in [3.63, 3.8) is 0 Å². The highest BCUT2D eigenvalue weighted by molar-refractivity contribution is 4.97. The van der Waals surface area contributed by atoms with Gasteiger partial charge in [0.15, 0.2) is 0 Å². The lowest BCUT2D eigenvalue weighted by Gasteiger charge is -2.31. The fourth-order valence-electron chi connectivity index (χ4n) is 2.78. The van der Waals surface area contributed by atoms with E-state index >= 15 is 0 Å². The van der Waals surface area contributed by atoms with Crippen molar-refractivity contribution in [1.29, 1.82) is 0 Å². The highest BCUT2D eigenvalue weighted by Crippen LogP contribution is 2.33. The summed E-state index contributed by atoms with van der Waals surface area (Å²) in [5, 5.41) is 21.7. The Bertz CT molecular complexity index is 367. The summed E-state index contributed by atoms with van der Waals surface area (Å²) < 4.78 is 1.74. The summed E-state index contributed by atoms with van der Waals surface area (Å²) in [6.45, 7) is 9.91. The van der Waals surface area contributed by atoms with Crippen LogP contribution in [0.4, 0.5) is 0 Å². The Kier molecular flexibility index (Phi) is 3.97. The second kappa shape index (κ2) is 5.32. The molecular formula is C12H23N5O. The molecule has 1 aromatic rings. The molecule has 1 fully saturated rings. The third-order valence-electron chi connectivity index (χ3n) is 4.12. The molecule has 0 spiro atoms. The van der Waals surface area contributed by atoms with E-state index in [0.717, 1.165) is 32.6 Å². The van der Waals surface area contributed by atoms with E-state index in [0.29, 0.717) is 11.8 Å². The molecule has 0 aliphatic carbocycles. The summed E-state index contributed by atoms with van der Waals surface area (Å²) in [5.74, 6) is 0.641. The number of rotatable bonds is 5. The first-order valence-electron chi connectivity index (χ1n) is 6.68. The molecule has 0 unspecified atom stereocenters. The molecule has 0 radical (unpaired) electrons. The number of tetrazole rings is 1. The number of aromatic nitrogens is 4. The van der Waals surface area contributed by atoms with Crippen molar-refractivity contribution in [1.82, 2.24) is 25.1 Å². The number of aliphatic hydroxyl groups is 1. The third-order valence-corrected chi connectivity index (χ3v) is 4.12. The van der Waals surface area contributed by atoms with E-state index in [9.17, 15) is 5.11 Å². The maximum Gasteiger partial charge on any atom is 0.138 e. The first-order valence-corrected chi connectivity index (χ1v) is 6.68. The van der Waals surface area contributed by atoms with Gasteiger partial charge in [-0.15, -0.1) is 5.10 Å². The Morgan fingerprint density at radius 2 is 2.22 bits per heavy atom. The van der Waals surface area contributed by atoms with E-state index < -0.39 is 5.60 Å². The monoisotopic (exact) mass is 253 g/mol. The smallest absolute Gasteiger partial charge is 0.138 e. The third kappa shape index (κ3) is 2.70. The summed E-state index contributed by atoms with van der Waals surface area (Å²) >= 11 is 0. The van der Waals surface area contributed by atoms with Gasteiger partial charge in [-0.2, -0.15) is 0 Å². The molecule has 0 bridgehead atoms. The number of nitrogens with zero attached hydrogens (tertiary/aromatic N) is 5. The highest BCUT2D eigenvalue weighted by Gasteiger charge is 2.44. The van der Waals surface area contributed by atoms with Crippen LogP contribution in [0.3, 0.4) is 0 Å². The number of aryl methyl sites for hydroxylation is 1. The van der Waals surface area contributed by atoms with Crippen molar-refractivity contribution >= 4 is 0 Å². The normalized spacial score (nSPS) is 29.3. The molecule has 2 atom stereocenters. The second-order valence-corrected chi connectivity index (χ2v) is 5.71. The van der Waals surface area contributed by atoms with Crippen LogP contribution < -0.4 is 0 Å². The molecule has 0 aromatic carbocycles. The molecule has 1 N–H and O–H groups in total. The lowest BCUT2D eigenvalue weighted by atomic mass is 9.82. The number of hydrogen-bond donors (Lipinski definition) is 1. The fraction of sp³-hybridized carbons (Fsp3) is 0.917. The molecule has 1 saturated heterocycles. The maximum atomic E-state index is 10.6. The van der Waals surface area contributed by atoms with Crippen molar-refractivity contribution in [2.24, 2.45) is 11.8 Å². The molecule has 1 aliphatic heterocycles. The number of likely N-dealkylation sites (tertiary alicyclic amines) is 1. The van der Waals surface area contributed by atoms with Gasteiger partial charge in [0.05, 0.1) is 5.60 Å². The van der Waals surface area contributed by atoms with Crippen LogP contribution in [0.1, 0.15) is 27.2 Å². The van der Waals surface area contributed by atoms with Gasteiger partial charge in [-0.05, 0) is 28.7 Å². The second-order valence-electron chi connectivity index (χ2n) is 5.71. The zero-order valence-electron chi connectivity index (χ0n) is 11.5. The SMILES string of the molecule is CC(C)[C@@]1(O)CN(CCCn2cnnn2)C[C@@H]1C. The molecule has 6 nitrogen and oxygen atoms in total. The Hall–Kier alpha value is -1.01. The molecule has 0 amide bonds. The number of hydrogen-bond acceptors (Lipinski definition) is 5. The van der Waals surface area contributed by atoms with Crippen molar-refractivity contribution in [2.45, 2.75) is 39.3 Å². The van der Waals surface area contributed by atoms with Crippen molar-refractivity contribution in [3.8, 4) is 0 Å². The predicted octanol–water partition coefficient (Wildman–Crippen LogP) is 0.402. The minimum absolute atomic E-state index is 0.303. The van der Waals surface area contributed by atoms with Crippen molar-refractivity contribution in [2.75, 3.05) is 19.6 Å². The molecule has 2 rings (SSSR count). The van der Waals surface area contributed by atoms with Crippen LogP contribution >= 0.6 is 0 Å². The highest BCUT2D eigenvalue weighted by atomic mass is 16.3. The maximum absolute atomic E-state index is 10.6. The first kappa shape index (κ1) is 13.4. The van der Waals surface area contributed by atoms with Crippen LogP contribution in [0.25, 0.3) is 0 Å². The molecule has 102 valence electrons. The van der Waals surface area contributed by atoms with Gasteiger partial charge in [0, 0.05) is 26.2 Å². The molecule has 18 heavy (non-hydrogen) atoms. The zero-order valence-corrected chi connectivity index (χ0v) is 11.5. The van der Waals surface area contributed by atoms with Crippen molar-refractivity contribution < 1.29 is 5.11 Å². The zero-order chi connectivity index (χ0) is 13.2. The van der Waals surface area contributed by atoms with E-state index in [4.69, 9.17) is 0 Å². The van der Waals surface area contributed by atoms with E-state index in [-0.39, 0.29) is 0 Å². The van der Waals surface area contributed by atoms with E-state index in [1.54, 1.807) is 11.0 Å². The largest absolute Gasteiger partial charge is 0.388 e. The summed E-state index contributed by atoms with van der Waals surface area (Å²) in [7, 11) is 0. The van der Waals surface area contributed by atoms with Gasteiger partial charge in [-0.25, -0.2) is 4.68 Å². The van der Waals surface area contributed by atoms with E-state index in [1.165, 1.54) is 0 Å². The summed E-state index contributed by atoms with van der Waals surface area (Å²) in [4.78, 5) is 2.34. The van der Waals surface area contributed by atoms with E-state index in [2.05, 4.69) is 41.2 Å². The van der Waals surface area contributed by atoms with Crippen LogP contribution in [0, 0.1) is 11.8 Å². The van der Waals surface area contributed by atoms with Crippen LogP contribution in [-0.2, 0) is 6.54 Å². The average Bonchev–Trinajstić information content (AvgIpc) is 2.89. The molecule has 6 heteroatoms. The van der Waals surface area contributed by atoms with Gasteiger partial charge in [-0.3, -0.25) is 0 Å².